The number of halogens is 1. The van der Waals surface area contributed by atoms with Crippen molar-refractivity contribution in [2.75, 3.05) is 16.2 Å². The predicted molar refractivity (Wildman–Crippen MR) is 142 cm³/mol. The molecule has 190 valence electrons. The van der Waals surface area contributed by atoms with Gasteiger partial charge in [0, 0.05) is 5.02 Å². The number of anilines is 2. The van der Waals surface area contributed by atoms with E-state index in [-0.39, 0.29) is 28.4 Å². The lowest BCUT2D eigenvalue weighted by Crippen LogP contribution is -2.38. The molecule has 0 aliphatic heterocycles. The van der Waals surface area contributed by atoms with Crippen molar-refractivity contribution < 1.29 is 22.4 Å². The van der Waals surface area contributed by atoms with Crippen LogP contribution in [0.4, 0.5) is 11.4 Å². The minimum absolute atomic E-state index is 0.0403. The molecule has 0 unspecified atom stereocenters. The van der Waals surface area contributed by atoms with Crippen LogP contribution >= 0.6 is 11.6 Å². The maximum Gasteiger partial charge on any atom is 0.264 e. The number of benzene rings is 3. The number of hydrogen-bond donors (Lipinski definition) is 2. The Morgan fingerprint density at radius 3 is 2.30 bits per heavy atom. The van der Waals surface area contributed by atoms with Crippen LogP contribution in [0.3, 0.4) is 0 Å². The van der Waals surface area contributed by atoms with Gasteiger partial charge in [0.2, 0.25) is 5.91 Å². The molecule has 8 nitrogen and oxygen atoms in total. The van der Waals surface area contributed by atoms with E-state index in [0.29, 0.717) is 10.8 Å². The molecule has 0 saturated carbocycles. The lowest BCUT2D eigenvalue weighted by molar-refractivity contribution is -0.114. The van der Waals surface area contributed by atoms with Gasteiger partial charge in [0.1, 0.15) is 12.3 Å². The Hall–Kier alpha value is -4.08. The molecule has 37 heavy (non-hydrogen) atoms. The molecule has 2 N–H and O–H groups in total. The van der Waals surface area contributed by atoms with Gasteiger partial charge >= 0.3 is 0 Å². The molecule has 10 heteroatoms. The summed E-state index contributed by atoms with van der Waals surface area (Å²) in [5.41, 5.74) is 1.64. The lowest BCUT2D eigenvalue weighted by atomic mass is 10.1. The molecule has 0 spiro atoms. The summed E-state index contributed by atoms with van der Waals surface area (Å²) < 4.78 is 33.3. The summed E-state index contributed by atoms with van der Waals surface area (Å²) in [6.45, 7) is 1.50. The number of carbonyl (C=O) groups excluding carboxylic acids is 2. The molecule has 3 aromatic carbocycles. The average molecular weight is 538 g/mol. The van der Waals surface area contributed by atoms with Gasteiger partial charge in [-0.25, -0.2) is 8.42 Å². The summed E-state index contributed by atoms with van der Waals surface area (Å²) >= 11 is 5.99. The SMILES string of the molecule is Cc1ccc(S(=O)(=O)N(CC(=O)Nc2ccccc2C(=O)NCc2ccco2)c2ccc(Cl)cc2)cc1. The fraction of sp³-hybridized carbons (Fsp3) is 0.111. The maximum absolute atomic E-state index is 13.5. The second-order valence-corrected chi connectivity index (χ2v) is 10.5. The third kappa shape index (κ3) is 6.38. The first-order chi connectivity index (χ1) is 17.7. The van der Waals surface area contributed by atoms with Crippen LogP contribution in [-0.4, -0.2) is 26.8 Å². The van der Waals surface area contributed by atoms with Gasteiger partial charge in [-0.15, -0.1) is 0 Å². The van der Waals surface area contributed by atoms with Crippen LogP contribution in [0.1, 0.15) is 21.7 Å². The van der Waals surface area contributed by atoms with E-state index < -0.39 is 28.4 Å². The Balaban J connectivity index is 1.57. The van der Waals surface area contributed by atoms with E-state index in [0.717, 1.165) is 9.87 Å². The fourth-order valence-corrected chi connectivity index (χ4v) is 5.09. The number of hydrogen-bond acceptors (Lipinski definition) is 5. The Morgan fingerprint density at radius 1 is 0.919 bits per heavy atom. The first kappa shape index (κ1) is 26.0. The molecule has 0 bridgehead atoms. The van der Waals surface area contributed by atoms with E-state index in [1.165, 1.54) is 30.5 Å². The van der Waals surface area contributed by atoms with Crippen molar-refractivity contribution in [1.82, 2.24) is 5.32 Å². The standard InChI is InChI=1S/C27H24ClN3O5S/c1-19-8-14-23(15-9-19)37(34,35)31(21-12-10-20(28)11-13-21)18-26(32)30-25-7-3-2-6-24(25)27(33)29-17-22-5-4-16-36-22/h2-16H,17-18H2,1H3,(H,29,33)(H,30,32). The van der Waals surface area contributed by atoms with Crippen LogP contribution in [0.5, 0.6) is 0 Å². The van der Waals surface area contributed by atoms with E-state index in [4.69, 9.17) is 16.0 Å². The maximum atomic E-state index is 13.5. The van der Waals surface area contributed by atoms with Gasteiger partial charge in [0.05, 0.1) is 34.6 Å². The predicted octanol–water partition coefficient (Wildman–Crippen LogP) is 5.01. The van der Waals surface area contributed by atoms with Gasteiger partial charge in [0.25, 0.3) is 15.9 Å². The topological polar surface area (TPSA) is 109 Å². The summed E-state index contributed by atoms with van der Waals surface area (Å²) in [6, 6.07) is 22.4. The van der Waals surface area contributed by atoms with Crippen molar-refractivity contribution in [2.45, 2.75) is 18.4 Å². The second kappa shape index (κ2) is 11.3. The van der Waals surface area contributed by atoms with Crippen LogP contribution in [0, 0.1) is 6.92 Å². The van der Waals surface area contributed by atoms with Gasteiger partial charge in [0.15, 0.2) is 0 Å². The molecule has 0 aliphatic carbocycles. The highest BCUT2D eigenvalue weighted by Gasteiger charge is 2.27. The fourth-order valence-electron chi connectivity index (χ4n) is 3.55. The number of nitrogens with zero attached hydrogens (tertiary/aromatic N) is 1. The van der Waals surface area contributed by atoms with Crippen LogP contribution in [-0.2, 0) is 21.4 Å². The Bertz CT molecular complexity index is 1490. The van der Waals surface area contributed by atoms with Crippen molar-refractivity contribution in [3.8, 4) is 0 Å². The van der Waals surface area contributed by atoms with Gasteiger partial charge in [-0.05, 0) is 67.6 Å². The smallest absolute Gasteiger partial charge is 0.264 e. The molecular formula is C27H24ClN3O5S. The molecule has 4 rings (SSSR count). The number of nitrogens with one attached hydrogen (secondary N) is 2. The molecular weight excluding hydrogens is 514 g/mol. The highest BCUT2D eigenvalue weighted by molar-refractivity contribution is 7.92. The summed E-state index contributed by atoms with van der Waals surface area (Å²) in [7, 11) is -4.09. The summed E-state index contributed by atoms with van der Waals surface area (Å²) in [6.07, 6.45) is 1.51. The molecule has 0 atom stereocenters. The van der Waals surface area contributed by atoms with Gasteiger partial charge < -0.3 is 15.1 Å². The van der Waals surface area contributed by atoms with Crippen LogP contribution in [0.25, 0.3) is 0 Å². The number of carbonyl (C=O) groups is 2. The van der Waals surface area contributed by atoms with Crippen LogP contribution < -0.4 is 14.9 Å². The second-order valence-electron chi connectivity index (χ2n) is 8.16. The Morgan fingerprint density at radius 2 is 1.62 bits per heavy atom. The number of rotatable bonds is 9. The van der Waals surface area contributed by atoms with E-state index in [1.54, 1.807) is 60.7 Å². The molecule has 1 heterocycles. The number of aryl methyl sites for hydroxylation is 1. The normalized spacial score (nSPS) is 11.1. The highest BCUT2D eigenvalue weighted by atomic mass is 35.5. The molecule has 2 amide bonds. The van der Waals surface area contributed by atoms with Crippen molar-refractivity contribution in [1.29, 1.82) is 0 Å². The zero-order valence-electron chi connectivity index (χ0n) is 19.8. The zero-order valence-corrected chi connectivity index (χ0v) is 21.4. The Kier molecular flexibility index (Phi) is 7.95. The van der Waals surface area contributed by atoms with Gasteiger partial charge in [-0.3, -0.25) is 13.9 Å². The van der Waals surface area contributed by atoms with Crippen molar-refractivity contribution >= 4 is 44.8 Å². The Labute approximate surface area is 219 Å². The van der Waals surface area contributed by atoms with Crippen molar-refractivity contribution in [3.05, 3.63) is 113 Å². The number of furan rings is 1. The number of sulfonamides is 1. The molecule has 0 fully saturated rings. The largest absolute Gasteiger partial charge is 0.467 e. The molecule has 0 aliphatic rings. The van der Waals surface area contributed by atoms with E-state index >= 15 is 0 Å². The first-order valence-electron chi connectivity index (χ1n) is 11.3. The number of para-hydroxylation sites is 1. The zero-order chi connectivity index (χ0) is 26.4. The highest BCUT2D eigenvalue weighted by Crippen LogP contribution is 2.26. The van der Waals surface area contributed by atoms with Crippen LogP contribution in [0.15, 0.2) is 101 Å². The van der Waals surface area contributed by atoms with Crippen molar-refractivity contribution in [3.63, 3.8) is 0 Å². The minimum Gasteiger partial charge on any atom is -0.467 e. The molecule has 1 aromatic heterocycles. The first-order valence-corrected chi connectivity index (χ1v) is 13.1. The third-order valence-electron chi connectivity index (χ3n) is 5.46. The van der Waals surface area contributed by atoms with Gasteiger partial charge in [-0.1, -0.05) is 41.4 Å². The summed E-state index contributed by atoms with van der Waals surface area (Å²) in [5, 5.41) is 5.83. The summed E-state index contributed by atoms with van der Waals surface area (Å²) in [5.74, 6) is -0.471. The molecule has 0 radical (unpaired) electrons. The van der Waals surface area contributed by atoms with Crippen molar-refractivity contribution in [2.24, 2.45) is 0 Å². The third-order valence-corrected chi connectivity index (χ3v) is 7.50. The molecule has 0 saturated heterocycles. The number of amides is 2. The molecule has 4 aromatic rings. The van der Waals surface area contributed by atoms with Gasteiger partial charge in [-0.2, -0.15) is 0 Å². The average Bonchev–Trinajstić information content (AvgIpc) is 3.41. The quantitative estimate of drug-likeness (QED) is 0.312. The van der Waals surface area contributed by atoms with E-state index in [1.807, 2.05) is 6.92 Å². The van der Waals surface area contributed by atoms with E-state index in [9.17, 15) is 18.0 Å². The van der Waals surface area contributed by atoms with E-state index in [2.05, 4.69) is 10.6 Å². The minimum atomic E-state index is -4.09. The lowest BCUT2D eigenvalue weighted by Gasteiger charge is -2.24. The van der Waals surface area contributed by atoms with Crippen LogP contribution in [0.2, 0.25) is 5.02 Å². The summed E-state index contributed by atoms with van der Waals surface area (Å²) in [4.78, 5) is 25.9. The monoisotopic (exact) mass is 537 g/mol.